The molecule has 1 aromatic heterocycles. The van der Waals surface area contributed by atoms with Crippen LogP contribution < -0.4 is 5.32 Å². The topological polar surface area (TPSA) is 96.4 Å². The maximum absolute atomic E-state index is 13.1. The monoisotopic (exact) mass is 437 g/mol. The summed E-state index contributed by atoms with van der Waals surface area (Å²) in [6.07, 6.45) is 0. The summed E-state index contributed by atoms with van der Waals surface area (Å²) in [5.41, 5.74) is 2.69. The molecule has 2 amide bonds. The van der Waals surface area contributed by atoms with Crippen LogP contribution >= 0.6 is 0 Å². The molecule has 1 atom stereocenters. The molecule has 1 aliphatic rings. The molecule has 0 saturated carbocycles. The van der Waals surface area contributed by atoms with Gasteiger partial charge in [0, 0.05) is 24.0 Å². The fourth-order valence-corrected chi connectivity index (χ4v) is 4.86. The van der Waals surface area contributed by atoms with Crippen LogP contribution in [0.25, 0.3) is 22.2 Å². The van der Waals surface area contributed by atoms with Crippen LogP contribution in [0.1, 0.15) is 17.3 Å². The summed E-state index contributed by atoms with van der Waals surface area (Å²) in [6, 6.07) is 17.9. The first-order valence-corrected chi connectivity index (χ1v) is 11.9. The van der Waals surface area contributed by atoms with Crippen molar-refractivity contribution < 1.29 is 18.0 Å². The van der Waals surface area contributed by atoms with Gasteiger partial charge in [0.05, 0.1) is 28.3 Å². The van der Waals surface area contributed by atoms with E-state index in [0.29, 0.717) is 22.2 Å². The minimum atomic E-state index is -3.08. The van der Waals surface area contributed by atoms with E-state index in [1.165, 1.54) is 4.90 Å². The average molecular weight is 438 g/mol. The number of para-hydroxylation sites is 1. The quantitative estimate of drug-likeness (QED) is 0.676. The van der Waals surface area contributed by atoms with Crippen molar-refractivity contribution in [2.24, 2.45) is 0 Å². The number of fused-ring (bicyclic) bond motifs is 1. The zero-order valence-corrected chi connectivity index (χ0v) is 17.9. The van der Waals surface area contributed by atoms with E-state index in [1.807, 2.05) is 54.6 Å². The lowest BCUT2D eigenvalue weighted by Crippen LogP contribution is -2.51. The van der Waals surface area contributed by atoms with Gasteiger partial charge in [-0.25, -0.2) is 13.4 Å². The normalized spacial score (nSPS) is 16.6. The lowest BCUT2D eigenvalue weighted by Gasteiger charge is -2.29. The second-order valence-electron chi connectivity index (χ2n) is 7.61. The number of nitrogens with one attached hydrogen (secondary N) is 1. The Kier molecular flexibility index (Phi) is 5.73. The van der Waals surface area contributed by atoms with Crippen LogP contribution in [0, 0.1) is 0 Å². The summed E-state index contributed by atoms with van der Waals surface area (Å²) in [5, 5.41) is 3.48. The Morgan fingerprint density at radius 1 is 1.00 bits per heavy atom. The minimum absolute atomic E-state index is 0.0468. The van der Waals surface area contributed by atoms with Crippen LogP contribution in [0.2, 0.25) is 0 Å². The molecule has 0 radical (unpaired) electrons. The number of pyridine rings is 1. The SMILES string of the molecule is CC(NC(=O)c1cc(-c2ccccc2)nc2ccccc12)C(=O)N1CCS(=O)(=O)CC1. The van der Waals surface area contributed by atoms with Crippen molar-refractivity contribution in [2.45, 2.75) is 13.0 Å². The first-order valence-electron chi connectivity index (χ1n) is 10.1. The molecule has 1 aliphatic heterocycles. The highest BCUT2D eigenvalue weighted by molar-refractivity contribution is 7.91. The molecule has 8 heteroatoms. The van der Waals surface area contributed by atoms with Crippen molar-refractivity contribution in [2.75, 3.05) is 24.6 Å². The number of sulfone groups is 1. The van der Waals surface area contributed by atoms with E-state index >= 15 is 0 Å². The zero-order valence-electron chi connectivity index (χ0n) is 17.1. The molecule has 7 nitrogen and oxygen atoms in total. The molecule has 0 aliphatic carbocycles. The first kappa shape index (κ1) is 21.0. The molecule has 1 N–H and O–H groups in total. The smallest absolute Gasteiger partial charge is 0.252 e. The van der Waals surface area contributed by atoms with Crippen LogP contribution in [-0.4, -0.2) is 60.8 Å². The molecule has 2 heterocycles. The van der Waals surface area contributed by atoms with Gasteiger partial charge < -0.3 is 10.2 Å². The van der Waals surface area contributed by atoms with Crippen molar-refractivity contribution >= 4 is 32.6 Å². The molecule has 3 aromatic rings. The number of amides is 2. The van der Waals surface area contributed by atoms with Gasteiger partial charge in [0.1, 0.15) is 6.04 Å². The summed E-state index contributed by atoms with van der Waals surface area (Å²) in [6.45, 7) is 1.92. The Balaban J connectivity index is 1.59. The van der Waals surface area contributed by atoms with Gasteiger partial charge in [0.2, 0.25) is 5.91 Å². The van der Waals surface area contributed by atoms with Gasteiger partial charge in [0.25, 0.3) is 5.91 Å². The van der Waals surface area contributed by atoms with E-state index in [2.05, 4.69) is 10.3 Å². The van der Waals surface area contributed by atoms with Crippen LogP contribution in [-0.2, 0) is 14.6 Å². The molecule has 1 fully saturated rings. The van der Waals surface area contributed by atoms with Crippen LogP contribution in [0.3, 0.4) is 0 Å². The summed E-state index contributed by atoms with van der Waals surface area (Å²) in [5.74, 6) is -0.755. The Hall–Kier alpha value is -3.26. The second-order valence-corrected chi connectivity index (χ2v) is 9.91. The third kappa shape index (κ3) is 4.59. The molecular formula is C23H23N3O4S. The second kappa shape index (κ2) is 8.47. The number of carbonyl (C=O) groups excluding carboxylic acids is 2. The van der Waals surface area contributed by atoms with Gasteiger partial charge in [-0.05, 0) is 19.1 Å². The number of rotatable bonds is 4. The minimum Gasteiger partial charge on any atom is -0.340 e. The number of nitrogens with zero attached hydrogens (tertiary/aromatic N) is 2. The Morgan fingerprint density at radius 2 is 1.65 bits per heavy atom. The number of benzene rings is 2. The average Bonchev–Trinajstić information content (AvgIpc) is 2.78. The Morgan fingerprint density at radius 3 is 2.35 bits per heavy atom. The number of aromatic nitrogens is 1. The standard InChI is InChI=1S/C23H23N3O4S/c1-16(23(28)26-11-13-31(29,30)14-12-26)24-22(27)19-15-21(17-7-3-2-4-8-17)25-20-10-6-5-9-18(19)20/h2-10,15-16H,11-14H2,1H3,(H,24,27). The summed E-state index contributed by atoms with van der Waals surface area (Å²) in [4.78, 5) is 32.0. The summed E-state index contributed by atoms with van der Waals surface area (Å²) in [7, 11) is -3.08. The molecule has 0 spiro atoms. The lowest BCUT2D eigenvalue weighted by molar-refractivity contribution is -0.132. The van der Waals surface area contributed by atoms with Gasteiger partial charge >= 0.3 is 0 Å². The predicted molar refractivity (Wildman–Crippen MR) is 119 cm³/mol. The zero-order chi connectivity index (χ0) is 22.0. The summed E-state index contributed by atoms with van der Waals surface area (Å²) < 4.78 is 23.2. The molecule has 0 bridgehead atoms. The highest BCUT2D eigenvalue weighted by atomic mass is 32.2. The highest BCUT2D eigenvalue weighted by Gasteiger charge is 2.29. The number of hydrogen-bond acceptors (Lipinski definition) is 5. The van der Waals surface area contributed by atoms with Crippen molar-refractivity contribution in [3.63, 3.8) is 0 Å². The van der Waals surface area contributed by atoms with Gasteiger partial charge in [-0.1, -0.05) is 48.5 Å². The van der Waals surface area contributed by atoms with Crippen molar-refractivity contribution in [1.82, 2.24) is 15.2 Å². The van der Waals surface area contributed by atoms with Gasteiger partial charge in [-0.3, -0.25) is 9.59 Å². The fraction of sp³-hybridized carbons (Fsp3) is 0.261. The molecule has 1 unspecified atom stereocenters. The Labute approximate surface area is 181 Å². The lowest BCUT2D eigenvalue weighted by atomic mass is 10.0. The molecule has 160 valence electrons. The third-order valence-electron chi connectivity index (χ3n) is 5.40. The van der Waals surface area contributed by atoms with Crippen molar-refractivity contribution in [3.8, 4) is 11.3 Å². The molecule has 1 saturated heterocycles. The maximum atomic E-state index is 13.1. The van der Waals surface area contributed by atoms with Gasteiger partial charge in [-0.15, -0.1) is 0 Å². The maximum Gasteiger partial charge on any atom is 0.252 e. The highest BCUT2D eigenvalue weighted by Crippen LogP contribution is 2.25. The number of carbonyl (C=O) groups is 2. The fourth-order valence-electron chi connectivity index (χ4n) is 3.66. The van der Waals surface area contributed by atoms with Gasteiger partial charge in [0.15, 0.2) is 9.84 Å². The molecule has 4 rings (SSSR count). The van der Waals surface area contributed by atoms with Gasteiger partial charge in [-0.2, -0.15) is 0 Å². The predicted octanol–water partition coefficient (Wildman–Crippen LogP) is 2.28. The van der Waals surface area contributed by atoms with Crippen LogP contribution in [0.15, 0.2) is 60.7 Å². The van der Waals surface area contributed by atoms with E-state index in [-0.39, 0.29) is 36.4 Å². The van der Waals surface area contributed by atoms with E-state index in [0.717, 1.165) is 5.56 Å². The Bertz CT molecular complexity index is 1230. The molecule has 2 aromatic carbocycles. The van der Waals surface area contributed by atoms with E-state index in [4.69, 9.17) is 0 Å². The molecule has 31 heavy (non-hydrogen) atoms. The van der Waals surface area contributed by atoms with Crippen molar-refractivity contribution in [1.29, 1.82) is 0 Å². The molecular weight excluding hydrogens is 414 g/mol. The van der Waals surface area contributed by atoms with Crippen molar-refractivity contribution in [3.05, 3.63) is 66.2 Å². The number of hydrogen-bond donors (Lipinski definition) is 1. The van der Waals surface area contributed by atoms with Crippen LogP contribution in [0.5, 0.6) is 0 Å². The van der Waals surface area contributed by atoms with Crippen LogP contribution in [0.4, 0.5) is 0 Å². The first-order chi connectivity index (χ1) is 14.8. The summed E-state index contributed by atoms with van der Waals surface area (Å²) >= 11 is 0. The third-order valence-corrected chi connectivity index (χ3v) is 7.01. The largest absolute Gasteiger partial charge is 0.340 e. The van der Waals surface area contributed by atoms with E-state index < -0.39 is 15.9 Å². The van der Waals surface area contributed by atoms with E-state index in [9.17, 15) is 18.0 Å². The van der Waals surface area contributed by atoms with E-state index in [1.54, 1.807) is 13.0 Å².